The Bertz CT molecular complexity index is 705. The van der Waals surface area contributed by atoms with Crippen LogP contribution in [0.15, 0.2) is 42.6 Å². The standard InChI is InChI=1S/C18H22FN3O2/c1-18(2,14-6-7-15(19)13(11-14)8-9-20)12-22(17(23)24)16-5-3-4-10-21-16/h3-7,10-11H,8-9,12,20H2,1-2H3,(H,23,24). The molecule has 1 aromatic carbocycles. The largest absolute Gasteiger partial charge is 0.465 e. The first kappa shape index (κ1) is 17.9. The Kier molecular flexibility index (Phi) is 5.51. The zero-order valence-electron chi connectivity index (χ0n) is 13.9. The number of benzene rings is 1. The molecule has 0 bridgehead atoms. The highest BCUT2D eigenvalue weighted by Gasteiger charge is 2.28. The fourth-order valence-corrected chi connectivity index (χ4v) is 2.59. The maximum absolute atomic E-state index is 13.8. The van der Waals surface area contributed by atoms with Crippen molar-refractivity contribution in [1.29, 1.82) is 0 Å². The third kappa shape index (κ3) is 4.08. The second-order valence-corrected chi connectivity index (χ2v) is 6.29. The first-order valence-corrected chi connectivity index (χ1v) is 7.75. The molecule has 0 fully saturated rings. The van der Waals surface area contributed by atoms with Crippen LogP contribution in [-0.2, 0) is 11.8 Å². The Morgan fingerprint density at radius 1 is 1.33 bits per heavy atom. The zero-order valence-corrected chi connectivity index (χ0v) is 13.9. The SMILES string of the molecule is CC(C)(CN(C(=O)O)c1ccccn1)c1ccc(F)c(CCN)c1. The van der Waals surface area contributed by atoms with Gasteiger partial charge < -0.3 is 10.8 Å². The summed E-state index contributed by atoms with van der Waals surface area (Å²) in [6, 6.07) is 9.98. The Hall–Kier alpha value is -2.47. The number of nitrogens with two attached hydrogens (primary N) is 1. The number of aromatic nitrogens is 1. The van der Waals surface area contributed by atoms with Crippen molar-refractivity contribution in [3.05, 3.63) is 59.5 Å². The van der Waals surface area contributed by atoms with Gasteiger partial charge in [-0.05, 0) is 42.3 Å². The molecule has 0 saturated heterocycles. The van der Waals surface area contributed by atoms with Crippen molar-refractivity contribution >= 4 is 11.9 Å². The smallest absolute Gasteiger partial charge is 0.413 e. The van der Waals surface area contributed by atoms with Crippen molar-refractivity contribution in [2.75, 3.05) is 18.0 Å². The first-order chi connectivity index (χ1) is 11.3. The highest BCUT2D eigenvalue weighted by molar-refractivity contribution is 5.84. The van der Waals surface area contributed by atoms with E-state index in [1.807, 2.05) is 13.8 Å². The van der Waals surface area contributed by atoms with Crippen LogP contribution in [0.5, 0.6) is 0 Å². The number of nitrogens with zero attached hydrogens (tertiary/aromatic N) is 2. The van der Waals surface area contributed by atoms with Gasteiger partial charge >= 0.3 is 6.09 Å². The maximum Gasteiger partial charge on any atom is 0.413 e. The van der Waals surface area contributed by atoms with Crippen LogP contribution in [0, 0.1) is 5.82 Å². The van der Waals surface area contributed by atoms with Crippen LogP contribution < -0.4 is 10.6 Å². The minimum Gasteiger partial charge on any atom is -0.465 e. The average Bonchev–Trinajstić information content (AvgIpc) is 2.55. The summed E-state index contributed by atoms with van der Waals surface area (Å²) in [5.74, 6) is 0.0715. The van der Waals surface area contributed by atoms with E-state index in [0.29, 0.717) is 24.3 Å². The minimum atomic E-state index is -1.08. The van der Waals surface area contributed by atoms with E-state index in [1.165, 1.54) is 11.0 Å². The van der Waals surface area contributed by atoms with Gasteiger partial charge in [0, 0.05) is 18.2 Å². The summed E-state index contributed by atoms with van der Waals surface area (Å²) >= 11 is 0. The molecule has 3 N–H and O–H groups in total. The monoisotopic (exact) mass is 331 g/mol. The van der Waals surface area contributed by atoms with Crippen LogP contribution in [0.25, 0.3) is 0 Å². The van der Waals surface area contributed by atoms with Gasteiger partial charge in [-0.2, -0.15) is 0 Å². The number of carbonyl (C=O) groups is 1. The Morgan fingerprint density at radius 3 is 2.67 bits per heavy atom. The molecular weight excluding hydrogens is 309 g/mol. The normalized spacial score (nSPS) is 11.3. The van der Waals surface area contributed by atoms with Crippen molar-refractivity contribution in [3.8, 4) is 0 Å². The molecule has 2 aromatic rings. The molecule has 24 heavy (non-hydrogen) atoms. The molecule has 1 heterocycles. The number of hydrogen-bond donors (Lipinski definition) is 2. The van der Waals surface area contributed by atoms with Gasteiger partial charge in [0.25, 0.3) is 0 Å². The molecule has 128 valence electrons. The van der Waals surface area contributed by atoms with E-state index in [9.17, 15) is 14.3 Å². The molecule has 0 radical (unpaired) electrons. The summed E-state index contributed by atoms with van der Waals surface area (Å²) < 4.78 is 13.8. The molecule has 0 atom stereocenters. The fourth-order valence-electron chi connectivity index (χ4n) is 2.59. The third-order valence-corrected chi connectivity index (χ3v) is 3.95. The number of carboxylic acid groups (broad SMARTS) is 1. The van der Waals surface area contributed by atoms with Crippen LogP contribution in [0.4, 0.5) is 15.0 Å². The maximum atomic E-state index is 13.8. The van der Waals surface area contributed by atoms with Gasteiger partial charge in [0.1, 0.15) is 11.6 Å². The summed E-state index contributed by atoms with van der Waals surface area (Å²) in [5.41, 5.74) is 6.40. The molecule has 0 spiro atoms. The molecular formula is C18H22FN3O2. The van der Waals surface area contributed by atoms with Gasteiger partial charge in [-0.25, -0.2) is 14.2 Å². The van der Waals surface area contributed by atoms with Crippen molar-refractivity contribution < 1.29 is 14.3 Å². The number of rotatable bonds is 6. The van der Waals surface area contributed by atoms with Crippen LogP contribution in [0.3, 0.4) is 0 Å². The molecule has 1 aromatic heterocycles. The summed E-state index contributed by atoms with van der Waals surface area (Å²) in [4.78, 5) is 17.0. The molecule has 0 aliphatic carbocycles. The number of anilines is 1. The summed E-state index contributed by atoms with van der Waals surface area (Å²) in [7, 11) is 0. The third-order valence-electron chi connectivity index (χ3n) is 3.95. The van der Waals surface area contributed by atoms with Gasteiger partial charge in [-0.1, -0.05) is 32.0 Å². The lowest BCUT2D eigenvalue weighted by atomic mass is 9.83. The molecule has 0 unspecified atom stereocenters. The molecule has 0 aliphatic heterocycles. The molecule has 1 amide bonds. The highest BCUT2D eigenvalue weighted by Crippen LogP contribution is 2.28. The van der Waals surface area contributed by atoms with Crippen LogP contribution in [-0.4, -0.2) is 29.3 Å². The van der Waals surface area contributed by atoms with Gasteiger partial charge in [0.15, 0.2) is 0 Å². The van der Waals surface area contributed by atoms with E-state index in [0.717, 1.165) is 5.56 Å². The summed E-state index contributed by atoms with van der Waals surface area (Å²) in [5, 5.41) is 9.53. The predicted octanol–water partition coefficient (Wildman–Crippen LogP) is 3.18. The lowest BCUT2D eigenvalue weighted by Crippen LogP contribution is -2.40. The predicted molar refractivity (Wildman–Crippen MR) is 91.8 cm³/mol. The molecule has 2 rings (SSSR count). The van der Waals surface area contributed by atoms with Crippen LogP contribution >= 0.6 is 0 Å². The minimum absolute atomic E-state index is 0.201. The van der Waals surface area contributed by atoms with E-state index >= 15 is 0 Å². The van der Waals surface area contributed by atoms with Gasteiger partial charge in [-0.3, -0.25) is 4.90 Å². The topological polar surface area (TPSA) is 79.5 Å². The quantitative estimate of drug-likeness (QED) is 0.852. The van der Waals surface area contributed by atoms with Crippen LogP contribution in [0.2, 0.25) is 0 Å². The molecule has 0 saturated carbocycles. The van der Waals surface area contributed by atoms with Gasteiger partial charge in [0.2, 0.25) is 0 Å². The summed E-state index contributed by atoms with van der Waals surface area (Å²) in [6.45, 7) is 4.40. The van der Waals surface area contributed by atoms with Crippen molar-refractivity contribution in [2.45, 2.75) is 25.7 Å². The number of amides is 1. The number of halogens is 1. The van der Waals surface area contributed by atoms with E-state index in [-0.39, 0.29) is 12.4 Å². The van der Waals surface area contributed by atoms with E-state index < -0.39 is 11.5 Å². The zero-order chi connectivity index (χ0) is 17.7. The number of pyridine rings is 1. The van der Waals surface area contributed by atoms with E-state index in [2.05, 4.69) is 4.98 Å². The van der Waals surface area contributed by atoms with E-state index in [1.54, 1.807) is 36.5 Å². The second kappa shape index (κ2) is 7.40. The molecule has 0 aliphatic rings. The second-order valence-electron chi connectivity index (χ2n) is 6.29. The molecule has 6 heteroatoms. The van der Waals surface area contributed by atoms with Crippen molar-refractivity contribution in [2.24, 2.45) is 5.73 Å². The molecule has 5 nitrogen and oxygen atoms in total. The number of hydrogen-bond acceptors (Lipinski definition) is 3. The Morgan fingerprint density at radius 2 is 2.08 bits per heavy atom. The average molecular weight is 331 g/mol. The van der Waals surface area contributed by atoms with E-state index in [4.69, 9.17) is 5.73 Å². The lowest BCUT2D eigenvalue weighted by molar-refractivity contribution is 0.200. The Balaban J connectivity index is 2.32. The first-order valence-electron chi connectivity index (χ1n) is 7.75. The summed E-state index contributed by atoms with van der Waals surface area (Å²) in [6.07, 6.45) is 0.916. The highest BCUT2D eigenvalue weighted by atomic mass is 19.1. The Labute approximate surface area is 140 Å². The van der Waals surface area contributed by atoms with Crippen molar-refractivity contribution in [3.63, 3.8) is 0 Å². The lowest BCUT2D eigenvalue weighted by Gasteiger charge is -2.31. The van der Waals surface area contributed by atoms with Crippen molar-refractivity contribution in [1.82, 2.24) is 4.98 Å². The van der Waals surface area contributed by atoms with Gasteiger partial charge in [0.05, 0.1) is 0 Å². The van der Waals surface area contributed by atoms with Gasteiger partial charge in [-0.15, -0.1) is 0 Å². The van der Waals surface area contributed by atoms with Crippen LogP contribution in [0.1, 0.15) is 25.0 Å². The fraction of sp³-hybridized carbons (Fsp3) is 0.333.